The molecular formula is C19H30N4O. The summed E-state index contributed by atoms with van der Waals surface area (Å²) in [5.74, 6) is 0. The smallest absolute Gasteiger partial charge is 0.111 e. The Morgan fingerprint density at radius 2 is 1.75 bits per heavy atom. The molecule has 5 nitrogen and oxygen atoms in total. The molecule has 2 saturated heterocycles. The third-order valence-corrected chi connectivity index (χ3v) is 5.74. The highest BCUT2D eigenvalue weighted by atomic mass is 16.3. The van der Waals surface area contributed by atoms with Gasteiger partial charge in [-0.15, -0.1) is 4.91 Å². The van der Waals surface area contributed by atoms with Crippen molar-refractivity contribution in [2.45, 2.75) is 39.2 Å². The third-order valence-electron chi connectivity index (χ3n) is 5.74. The number of nitroso groups, excluding NO2 is 1. The number of benzene rings is 1. The van der Waals surface area contributed by atoms with E-state index in [9.17, 15) is 4.91 Å². The van der Waals surface area contributed by atoms with Gasteiger partial charge in [-0.05, 0) is 61.7 Å². The van der Waals surface area contributed by atoms with Crippen molar-refractivity contribution in [2.24, 2.45) is 5.18 Å². The second kappa shape index (κ2) is 7.62. The summed E-state index contributed by atoms with van der Waals surface area (Å²) < 4.78 is 0. The molecule has 2 aliphatic heterocycles. The van der Waals surface area contributed by atoms with E-state index in [2.05, 4.69) is 39.9 Å². The van der Waals surface area contributed by atoms with Crippen LogP contribution in [0.25, 0.3) is 0 Å². The summed E-state index contributed by atoms with van der Waals surface area (Å²) in [7, 11) is 2.21. The van der Waals surface area contributed by atoms with Crippen molar-refractivity contribution in [3.63, 3.8) is 0 Å². The Hall–Kier alpha value is -1.46. The number of nitrogens with zero attached hydrogens (tertiary/aromatic N) is 4. The quantitative estimate of drug-likeness (QED) is 0.795. The summed E-state index contributed by atoms with van der Waals surface area (Å²) in [6, 6.07) is 4.87. The second-order valence-corrected chi connectivity index (χ2v) is 7.27. The fourth-order valence-electron chi connectivity index (χ4n) is 4.06. The predicted octanol–water partition coefficient (Wildman–Crippen LogP) is 3.17. The Labute approximate surface area is 145 Å². The number of piperidine rings is 1. The normalized spacial score (nSPS) is 21.2. The zero-order valence-electron chi connectivity index (χ0n) is 15.3. The molecule has 0 saturated carbocycles. The van der Waals surface area contributed by atoms with Gasteiger partial charge in [0.2, 0.25) is 0 Å². The zero-order valence-corrected chi connectivity index (χ0v) is 15.3. The first-order valence-corrected chi connectivity index (χ1v) is 9.26. The van der Waals surface area contributed by atoms with Gasteiger partial charge in [0, 0.05) is 51.0 Å². The van der Waals surface area contributed by atoms with Crippen LogP contribution in [0.5, 0.6) is 0 Å². The van der Waals surface area contributed by atoms with Crippen LogP contribution >= 0.6 is 0 Å². The van der Waals surface area contributed by atoms with Crippen molar-refractivity contribution in [1.29, 1.82) is 0 Å². The van der Waals surface area contributed by atoms with Crippen LogP contribution in [-0.2, 0) is 6.42 Å². The summed E-state index contributed by atoms with van der Waals surface area (Å²) in [5.41, 5.74) is 4.12. The summed E-state index contributed by atoms with van der Waals surface area (Å²) in [6.07, 6.45) is 3.41. The second-order valence-electron chi connectivity index (χ2n) is 7.27. The highest BCUT2D eigenvalue weighted by molar-refractivity contribution is 5.63. The molecule has 0 bridgehead atoms. The fraction of sp³-hybridized carbons (Fsp3) is 0.684. The van der Waals surface area contributed by atoms with Crippen LogP contribution in [0.2, 0.25) is 0 Å². The lowest BCUT2D eigenvalue weighted by atomic mass is 9.98. The minimum Gasteiger partial charge on any atom is -0.371 e. The molecule has 0 aromatic heterocycles. The molecule has 1 aromatic carbocycles. The van der Waals surface area contributed by atoms with Gasteiger partial charge in [-0.1, -0.05) is 6.92 Å². The van der Waals surface area contributed by atoms with Crippen LogP contribution in [0.4, 0.5) is 11.4 Å². The molecule has 24 heavy (non-hydrogen) atoms. The van der Waals surface area contributed by atoms with Gasteiger partial charge in [-0.2, -0.15) is 0 Å². The largest absolute Gasteiger partial charge is 0.371 e. The van der Waals surface area contributed by atoms with Gasteiger partial charge < -0.3 is 9.80 Å². The van der Waals surface area contributed by atoms with Crippen LogP contribution in [0.15, 0.2) is 17.3 Å². The van der Waals surface area contributed by atoms with Gasteiger partial charge >= 0.3 is 0 Å². The van der Waals surface area contributed by atoms with E-state index in [0.717, 1.165) is 31.1 Å². The Bertz CT molecular complexity index is 573. The first-order valence-electron chi connectivity index (χ1n) is 9.26. The van der Waals surface area contributed by atoms with Crippen LogP contribution < -0.4 is 4.90 Å². The standard InChI is InChI=1S/C19H30N4O/c1-4-16-14-18(20-24)15(2)13-19(16)23-7-5-17(6-8-23)22-11-9-21(3)10-12-22/h13-14,17H,4-12H2,1-3H3. The number of anilines is 1. The lowest BCUT2D eigenvalue weighted by molar-refractivity contribution is 0.0982. The molecule has 0 spiro atoms. The van der Waals surface area contributed by atoms with Crippen LogP contribution in [0.1, 0.15) is 30.9 Å². The highest BCUT2D eigenvalue weighted by Crippen LogP contribution is 2.32. The first kappa shape index (κ1) is 17.4. The van der Waals surface area contributed by atoms with Crippen molar-refractivity contribution < 1.29 is 0 Å². The molecule has 0 N–H and O–H groups in total. The number of likely N-dealkylation sites (N-methyl/N-ethyl adjacent to an activating group) is 1. The van der Waals surface area contributed by atoms with E-state index in [4.69, 9.17) is 0 Å². The fourth-order valence-corrected chi connectivity index (χ4v) is 4.06. The number of hydrogen-bond donors (Lipinski definition) is 0. The molecule has 0 radical (unpaired) electrons. The van der Waals surface area contributed by atoms with E-state index >= 15 is 0 Å². The Balaban J connectivity index is 1.66. The van der Waals surface area contributed by atoms with Crippen LogP contribution in [0, 0.1) is 11.8 Å². The minimum atomic E-state index is 0.586. The number of piperazine rings is 1. The predicted molar refractivity (Wildman–Crippen MR) is 100 cm³/mol. The van der Waals surface area contributed by atoms with Crippen molar-refractivity contribution in [1.82, 2.24) is 9.80 Å². The van der Waals surface area contributed by atoms with E-state index in [1.807, 2.05) is 13.0 Å². The average molecular weight is 330 g/mol. The van der Waals surface area contributed by atoms with Crippen molar-refractivity contribution in [3.8, 4) is 0 Å². The number of aryl methyl sites for hydroxylation is 2. The summed E-state index contributed by atoms with van der Waals surface area (Å²) in [4.78, 5) is 18.6. The lowest BCUT2D eigenvalue weighted by Crippen LogP contribution is -2.52. The minimum absolute atomic E-state index is 0.586. The molecule has 3 rings (SSSR count). The molecule has 0 amide bonds. The maximum absolute atomic E-state index is 11.0. The van der Waals surface area contributed by atoms with Crippen molar-refractivity contribution in [3.05, 3.63) is 28.2 Å². The van der Waals surface area contributed by atoms with Crippen LogP contribution in [-0.4, -0.2) is 62.2 Å². The molecule has 132 valence electrons. The van der Waals surface area contributed by atoms with Crippen molar-refractivity contribution in [2.75, 3.05) is 51.2 Å². The molecule has 1 aromatic rings. The van der Waals surface area contributed by atoms with E-state index in [-0.39, 0.29) is 0 Å². The van der Waals surface area contributed by atoms with E-state index in [1.165, 1.54) is 50.3 Å². The Morgan fingerprint density at radius 3 is 2.33 bits per heavy atom. The van der Waals surface area contributed by atoms with E-state index in [0.29, 0.717) is 5.69 Å². The van der Waals surface area contributed by atoms with Crippen LogP contribution in [0.3, 0.4) is 0 Å². The first-order chi connectivity index (χ1) is 11.6. The van der Waals surface area contributed by atoms with Gasteiger partial charge in [0.05, 0.1) is 0 Å². The van der Waals surface area contributed by atoms with Gasteiger partial charge in [-0.3, -0.25) is 4.90 Å². The summed E-state index contributed by atoms with van der Waals surface area (Å²) in [5, 5.41) is 3.17. The maximum atomic E-state index is 11.0. The number of rotatable bonds is 4. The number of hydrogen-bond acceptors (Lipinski definition) is 5. The molecular weight excluding hydrogens is 300 g/mol. The molecule has 0 atom stereocenters. The third kappa shape index (κ3) is 3.62. The summed E-state index contributed by atoms with van der Waals surface area (Å²) in [6.45, 7) is 11.2. The summed E-state index contributed by atoms with van der Waals surface area (Å²) >= 11 is 0. The molecule has 2 fully saturated rings. The monoisotopic (exact) mass is 330 g/mol. The van der Waals surface area contributed by atoms with Crippen molar-refractivity contribution >= 4 is 11.4 Å². The SMILES string of the molecule is CCc1cc(N=O)c(C)cc1N1CCC(N2CCN(C)CC2)CC1. The lowest BCUT2D eigenvalue weighted by Gasteiger charge is -2.43. The average Bonchev–Trinajstić information content (AvgIpc) is 2.62. The zero-order chi connectivity index (χ0) is 17.1. The Morgan fingerprint density at radius 1 is 1.08 bits per heavy atom. The molecule has 0 aliphatic carbocycles. The van der Waals surface area contributed by atoms with Gasteiger partial charge in [0.1, 0.15) is 5.69 Å². The maximum Gasteiger partial charge on any atom is 0.111 e. The van der Waals surface area contributed by atoms with E-state index in [1.54, 1.807) is 0 Å². The highest BCUT2D eigenvalue weighted by Gasteiger charge is 2.27. The molecule has 2 aliphatic rings. The van der Waals surface area contributed by atoms with Gasteiger partial charge in [0.25, 0.3) is 0 Å². The van der Waals surface area contributed by atoms with E-state index < -0.39 is 0 Å². The van der Waals surface area contributed by atoms with Gasteiger partial charge in [0.15, 0.2) is 0 Å². The molecule has 5 heteroatoms. The molecule has 0 unspecified atom stereocenters. The Kier molecular flexibility index (Phi) is 5.51. The molecule has 2 heterocycles. The van der Waals surface area contributed by atoms with Gasteiger partial charge in [-0.25, -0.2) is 0 Å². The topological polar surface area (TPSA) is 39.2 Å².